The van der Waals surface area contributed by atoms with E-state index in [1.54, 1.807) is 23.9 Å². The van der Waals surface area contributed by atoms with Gasteiger partial charge in [0.05, 0.1) is 27.3 Å². The molecule has 0 aromatic carbocycles. The summed E-state index contributed by atoms with van der Waals surface area (Å²) in [5.41, 5.74) is 0. The Balaban J connectivity index is 0. The molecule has 13 heteroatoms. The zero-order chi connectivity index (χ0) is 25.8. The average molecular weight is 533 g/mol. The van der Waals surface area contributed by atoms with Crippen molar-refractivity contribution in [1.29, 1.82) is 0 Å². The zero-order valence-electron chi connectivity index (χ0n) is 20.7. The van der Waals surface area contributed by atoms with E-state index in [0.717, 1.165) is 45.1 Å². The van der Waals surface area contributed by atoms with Crippen LogP contribution < -0.4 is 0 Å². The first-order chi connectivity index (χ1) is 15.5. The van der Waals surface area contributed by atoms with Gasteiger partial charge in [-0.1, -0.05) is 13.8 Å². The molecule has 0 amide bonds. The van der Waals surface area contributed by atoms with E-state index in [0.29, 0.717) is 13.1 Å². The molecule has 0 saturated heterocycles. The molecule has 190 valence electrons. The van der Waals surface area contributed by atoms with E-state index in [1.165, 1.54) is 14.2 Å². The normalized spacial score (nSPS) is 10.7. The van der Waals surface area contributed by atoms with Crippen molar-refractivity contribution in [1.82, 2.24) is 19.6 Å². The molecular weight excluding hydrogens is 494 g/mol. The van der Waals surface area contributed by atoms with Gasteiger partial charge in [0.25, 0.3) is 0 Å². The Morgan fingerprint density at radius 2 is 1.09 bits per heavy atom. The topological polar surface area (TPSA) is 129 Å². The zero-order valence-corrected chi connectivity index (χ0v) is 23.2. The van der Waals surface area contributed by atoms with Gasteiger partial charge in [-0.05, 0) is 13.1 Å². The van der Waals surface area contributed by atoms with E-state index in [2.05, 4.69) is 13.0 Å². The van der Waals surface area contributed by atoms with Gasteiger partial charge in [0, 0.05) is 13.1 Å². The second kappa shape index (κ2) is 20.9. The number of hydrogen-bond acceptors (Lipinski definition) is 11. The van der Waals surface area contributed by atoms with Crippen LogP contribution in [0.3, 0.4) is 0 Å². The van der Waals surface area contributed by atoms with E-state index in [4.69, 9.17) is 5.11 Å². The number of likely N-dealkylation sites (N-methyl/N-ethyl adjacent to an activating group) is 4. The number of carboxylic acid groups (broad SMARTS) is 1. The fourth-order valence-electron chi connectivity index (χ4n) is 2.46. The van der Waals surface area contributed by atoms with E-state index in [1.807, 2.05) is 23.6 Å². The third-order valence-electron chi connectivity index (χ3n) is 4.59. The molecule has 0 aliphatic carbocycles. The van der Waals surface area contributed by atoms with Crippen LogP contribution in [-0.4, -0.2) is 161 Å². The molecule has 1 N–H and O–H groups in total. The van der Waals surface area contributed by atoms with Gasteiger partial charge >= 0.3 is 111 Å². The number of hydrogen-bond donors (Lipinski definition) is 1. The number of carboxylic acids is 1. The van der Waals surface area contributed by atoms with Gasteiger partial charge in [-0.3, -0.25) is 19.4 Å². The maximum absolute atomic E-state index is 11.2. The number of rotatable bonds is 16. The summed E-state index contributed by atoms with van der Waals surface area (Å²) in [5, 5.41) is 8.51. The van der Waals surface area contributed by atoms with Crippen LogP contribution in [0.5, 0.6) is 0 Å². The fraction of sp³-hybridized carbons (Fsp3) is 0.800. The minimum absolute atomic E-state index is 0.00910. The number of aliphatic carboxylic acids is 1. The Morgan fingerprint density at radius 1 is 0.697 bits per heavy atom. The van der Waals surface area contributed by atoms with Crippen molar-refractivity contribution in [2.24, 2.45) is 0 Å². The van der Waals surface area contributed by atoms with Gasteiger partial charge in [-0.25, -0.2) is 0 Å². The van der Waals surface area contributed by atoms with Gasteiger partial charge in [-0.2, -0.15) is 0 Å². The molecule has 0 atom stereocenters. The molecule has 33 heavy (non-hydrogen) atoms. The van der Waals surface area contributed by atoms with Crippen molar-refractivity contribution in [2.45, 2.75) is 13.8 Å². The van der Waals surface area contributed by atoms with Crippen LogP contribution >= 0.6 is 0 Å². The number of esters is 2. The molecule has 0 spiro atoms. The molecule has 2 radical (unpaired) electrons. The van der Waals surface area contributed by atoms with E-state index in [9.17, 15) is 19.2 Å². The second-order valence-corrected chi connectivity index (χ2v) is 7.74. The molecule has 0 aliphatic heterocycles. The summed E-state index contributed by atoms with van der Waals surface area (Å²) >= 11 is 0.923. The number of carbonyl (C=O) groups excluding carboxylic acids is 3. The fourth-order valence-corrected chi connectivity index (χ4v) is 2.62. The SMILES string of the molecule is CCN(CCN(CC)CC(=O)OC)CC(=O)OC.CN(CCN(C)CC(=O)[O][Ga])CC(=O)O. The molecule has 0 fully saturated rings. The quantitative estimate of drug-likeness (QED) is 0.184. The molecular formula is C20H39GaN4O8. The Bertz CT molecular complexity index is 556. The summed E-state index contributed by atoms with van der Waals surface area (Å²) in [6.45, 7) is 8.98. The standard InChI is InChI=1S/C12H24N2O4.C8H16N2O4.Ga/c1-5-13(9-11(15)17-3)7-8-14(6-2)10-12(16)18-4;1-9(5-7(11)12)3-4-10(2)6-8(13)14;/h5-10H2,1-4H3;3-6H2,1-2H3,(H,11,12)(H,13,14);/q;;+1/p-1. The molecule has 0 unspecified atom stereocenters. The van der Waals surface area contributed by atoms with Crippen molar-refractivity contribution < 1.29 is 37.3 Å². The van der Waals surface area contributed by atoms with Gasteiger partial charge < -0.3 is 9.47 Å². The van der Waals surface area contributed by atoms with Gasteiger partial charge in [0.15, 0.2) is 0 Å². The molecule has 0 aromatic rings. The monoisotopic (exact) mass is 532 g/mol. The first-order valence-electron chi connectivity index (χ1n) is 10.6. The Labute approximate surface area is 207 Å². The Morgan fingerprint density at radius 3 is 1.39 bits per heavy atom. The summed E-state index contributed by atoms with van der Waals surface area (Å²) in [5.74, 6) is -1.60. The number of methoxy groups -OCH3 is 2. The van der Waals surface area contributed by atoms with E-state index >= 15 is 0 Å². The number of carbonyl (C=O) groups is 4. The molecule has 0 bridgehead atoms. The molecule has 12 nitrogen and oxygen atoms in total. The van der Waals surface area contributed by atoms with Crippen LogP contribution in [0.2, 0.25) is 0 Å². The summed E-state index contributed by atoms with van der Waals surface area (Å²) < 4.78 is 13.8. The third-order valence-corrected chi connectivity index (χ3v) is 5.14. The van der Waals surface area contributed by atoms with Crippen LogP contribution in [0.25, 0.3) is 0 Å². The summed E-state index contributed by atoms with van der Waals surface area (Å²) in [6, 6.07) is 0. The predicted octanol–water partition coefficient (Wildman–Crippen LogP) is -1.46. The Kier molecular flexibility index (Phi) is 21.3. The maximum atomic E-state index is 11.2. The van der Waals surface area contributed by atoms with Crippen LogP contribution in [0.1, 0.15) is 13.8 Å². The van der Waals surface area contributed by atoms with Crippen LogP contribution in [0.15, 0.2) is 0 Å². The molecule has 0 aliphatic rings. The van der Waals surface area contributed by atoms with Crippen molar-refractivity contribution in [2.75, 3.05) is 93.8 Å². The first kappa shape index (κ1) is 33.5. The summed E-state index contributed by atoms with van der Waals surface area (Å²) in [6.07, 6.45) is 0. The van der Waals surface area contributed by atoms with Crippen LogP contribution in [0.4, 0.5) is 0 Å². The van der Waals surface area contributed by atoms with Gasteiger partial charge in [0.2, 0.25) is 0 Å². The minimum atomic E-state index is -0.851. The van der Waals surface area contributed by atoms with Gasteiger partial charge in [-0.15, -0.1) is 0 Å². The first-order valence-corrected chi connectivity index (χ1v) is 11.6. The van der Waals surface area contributed by atoms with E-state index < -0.39 is 5.97 Å². The Hall–Kier alpha value is -1.64. The van der Waals surface area contributed by atoms with Crippen LogP contribution in [0, 0.1) is 0 Å². The van der Waals surface area contributed by atoms with Crippen LogP contribution in [-0.2, 0) is 32.2 Å². The molecule has 0 saturated carbocycles. The molecule has 0 aromatic heterocycles. The van der Waals surface area contributed by atoms with Crippen molar-refractivity contribution in [3.8, 4) is 0 Å². The predicted molar refractivity (Wildman–Crippen MR) is 123 cm³/mol. The van der Waals surface area contributed by atoms with Gasteiger partial charge in [0.1, 0.15) is 0 Å². The summed E-state index contributed by atoms with van der Waals surface area (Å²) in [7, 11) is 6.28. The average Bonchev–Trinajstić information content (AvgIpc) is 2.78. The molecule has 0 heterocycles. The van der Waals surface area contributed by atoms with Crippen molar-refractivity contribution in [3.05, 3.63) is 0 Å². The van der Waals surface area contributed by atoms with Crippen molar-refractivity contribution in [3.63, 3.8) is 0 Å². The second-order valence-electron chi connectivity index (χ2n) is 7.25. The van der Waals surface area contributed by atoms with Crippen molar-refractivity contribution >= 4 is 42.8 Å². The molecule has 0 rings (SSSR count). The van der Waals surface area contributed by atoms with E-state index in [-0.39, 0.29) is 44.1 Å². The third kappa shape index (κ3) is 20.7. The number of ether oxygens (including phenoxy) is 2. The number of nitrogens with zero attached hydrogens (tertiary/aromatic N) is 4. The summed E-state index contributed by atoms with van der Waals surface area (Å²) in [4.78, 5) is 51.0.